The number of imide groups is 1. The molecule has 0 radical (unpaired) electrons. The number of nitrogens with zero attached hydrogens (tertiary/aromatic N) is 2. The van der Waals surface area contributed by atoms with Gasteiger partial charge in [0.25, 0.3) is 11.8 Å². The maximum Gasteiger partial charge on any atom is 0.330 e. The minimum Gasteiger partial charge on any atom is -0.350 e. The summed E-state index contributed by atoms with van der Waals surface area (Å²) in [6.07, 6.45) is 15.0. The zero-order valence-corrected chi connectivity index (χ0v) is 34.4. The molecule has 0 spiro atoms. The number of urea groups is 1. The van der Waals surface area contributed by atoms with Crippen LogP contribution < -0.4 is 10.0 Å². The van der Waals surface area contributed by atoms with Crippen LogP contribution in [0.3, 0.4) is 0 Å². The number of nitrogens with one attached hydrogen (secondary N) is 2. The fraction of sp³-hybridized carbons (Fsp3) is 0.610. The zero-order chi connectivity index (χ0) is 39.7. The first-order valence-corrected chi connectivity index (χ1v) is 21.7. The number of hydrogen-bond donors (Lipinski definition) is 2. The van der Waals surface area contributed by atoms with E-state index in [0.717, 1.165) is 24.8 Å². The van der Waals surface area contributed by atoms with Gasteiger partial charge in [0, 0.05) is 12.0 Å². The predicted molar refractivity (Wildman–Crippen MR) is 216 cm³/mol. The molecule has 2 atom stereocenters. The lowest BCUT2D eigenvalue weighted by Gasteiger charge is -2.29. The van der Waals surface area contributed by atoms with E-state index < -0.39 is 51.3 Å². The van der Waals surface area contributed by atoms with E-state index in [9.17, 15) is 27.6 Å². The van der Waals surface area contributed by atoms with Crippen LogP contribution in [-0.2, 0) is 35.7 Å². The largest absolute Gasteiger partial charge is 0.350 e. The minimum atomic E-state index is -3.71. The molecule has 1 aliphatic rings. The summed E-state index contributed by atoms with van der Waals surface area (Å²) < 4.78 is 34.1. The van der Waals surface area contributed by atoms with Crippen molar-refractivity contribution in [2.24, 2.45) is 5.41 Å². The lowest BCUT2D eigenvalue weighted by molar-refractivity contribution is -0.149. The average Bonchev–Trinajstić information content (AvgIpc) is 3.33. The quantitative estimate of drug-likeness (QED) is 0.0580. The molecule has 3 rings (SSSR count). The maximum atomic E-state index is 14.0. The van der Waals surface area contributed by atoms with E-state index in [1.54, 1.807) is 52.0 Å². The number of anilines is 2. The van der Waals surface area contributed by atoms with Crippen LogP contribution in [0.25, 0.3) is 0 Å². The van der Waals surface area contributed by atoms with Gasteiger partial charge in [-0.2, -0.15) is 0 Å². The molecule has 54 heavy (non-hydrogen) atoms. The second kappa shape index (κ2) is 22.2. The van der Waals surface area contributed by atoms with Gasteiger partial charge in [-0.1, -0.05) is 153 Å². The first-order valence-electron chi connectivity index (χ1n) is 19.6. The van der Waals surface area contributed by atoms with Gasteiger partial charge in [-0.15, -0.1) is 0 Å². The van der Waals surface area contributed by atoms with Crippen molar-refractivity contribution in [3.8, 4) is 0 Å². The number of halogens is 1. The number of unbranched alkanes of at least 4 members (excludes halogenated alkanes) is 13. The average molecular weight is 789 g/mol. The summed E-state index contributed by atoms with van der Waals surface area (Å²) in [7, 11) is -3.71. The van der Waals surface area contributed by atoms with Crippen molar-refractivity contribution in [3.63, 3.8) is 0 Å². The van der Waals surface area contributed by atoms with Crippen LogP contribution in [0.5, 0.6) is 0 Å². The molecule has 2 unspecified atom stereocenters. The molecule has 1 heterocycles. The molecule has 2 aromatic rings. The van der Waals surface area contributed by atoms with E-state index in [1.807, 2.05) is 6.07 Å². The molecular weight excluding hydrogens is 728 g/mol. The summed E-state index contributed by atoms with van der Waals surface area (Å²) in [6.45, 7) is 8.78. The summed E-state index contributed by atoms with van der Waals surface area (Å²) in [6, 6.07) is 10.5. The summed E-state index contributed by atoms with van der Waals surface area (Å²) in [5.41, 5.74) is -0.238. The number of carbonyl (C=O) groups excluding carboxylic acids is 4. The first kappa shape index (κ1) is 44.9. The molecular formula is C41H61ClN4O7S. The van der Waals surface area contributed by atoms with Gasteiger partial charge in [-0.05, 0) is 37.1 Å². The van der Waals surface area contributed by atoms with E-state index in [2.05, 4.69) is 17.0 Å². The Kier molecular flexibility index (Phi) is 18.4. The van der Waals surface area contributed by atoms with Gasteiger partial charge in [-0.3, -0.25) is 24.0 Å². The topological polar surface area (TPSA) is 142 Å². The number of carbonyl (C=O) groups is 4. The Bertz CT molecular complexity index is 1630. The number of benzene rings is 2. The van der Waals surface area contributed by atoms with Gasteiger partial charge in [-0.25, -0.2) is 18.1 Å². The van der Waals surface area contributed by atoms with Gasteiger partial charge in [0.15, 0.2) is 11.8 Å². The van der Waals surface area contributed by atoms with Crippen molar-refractivity contribution in [1.82, 2.24) is 9.80 Å². The smallest absolute Gasteiger partial charge is 0.330 e. The summed E-state index contributed by atoms with van der Waals surface area (Å²) in [5, 5.41) is 2.65. The third-order valence-electron chi connectivity index (χ3n) is 9.46. The molecule has 2 aromatic carbocycles. The third-order valence-corrected chi connectivity index (χ3v) is 11.2. The van der Waals surface area contributed by atoms with E-state index in [1.165, 1.54) is 87.3 Å². The van der Waals surface area contributed by atoms with Crippen molar-refractivity contribution in [1.29, 1.82) is 0 Å². The molecule has 0 aromatic heterocycles. The fourth-order valence-electron chi connectivity index (χ4n) is 6.44. The molecule has 1 fully saturated rings. The summed E-state index contributed by atoms with van der Waals surface area (Å²) in [4.78, 5) is 57.3. The molecule has 13 heteroatoms. The zero-order valence-electron chi connectivity index (χ0n) is 32.8. The first-order chi connectivity index (χ1) is 25.7. The number of ether oxygens (including phenoxy) is 1. The van der Waals surface area contributed by atoms with E-state index >= 15 is 0 Å². The van der Waals surface area contributed by atoms with Crippen LogP contribution in [0.2, 0.25) is 5.02 Å². The number of hydrogen-bond acceptors (Lipinski definition) is 7. The highest BCUT2D eigenvalue weighted by Crippen LogP contribution is 2.31. The summed E-state index contributed by atoms with van der Waals surface area (Å²) >= 11 is 6.43. The van der Waals surface area contributed by atoms with Crippen LogP contribution in [0, 0.1) is 5.41 Å². The predicted octanol–water partition coefficient (Wildman–Crippen LogP) is 9.31. The number of Topliss-reactive ketones (excluding diaryl/α,β-unsaturated/α-hetero) is 1. The van der Waals surface area contributed by atoms with Crippen LogP contribution in [0.1, 0.15) is 130 Å². The molecule has 2 N–H and O–H groups in total. The molecule has 300 valence electrons. The Morgan fingerprint density at radius 3 is 1.93 bits per heavy atom. The fourth-order valence-corrected chi connectivity index (χ4v) is 7.78. The van der Waals surface area contributed by atoms with Crippen molar-refractivity contribution in [2.75, 3.05) is 22.4 Å². The van der Waals surface area contributed by atoms with Crippen LogP contribution in [0.4, 0.5) is 16.2 Å². The Labute approximate surface area is 328 Å². The van der Waals surface area contributed by atoms with Crippen molar-refractivity contribution >= 4 is 56.6 Å². The molecule has 4 amide bonds. The summed E-state index contributed by atoms with van der Waals surface area (Å²) in [5.74, 6) is -2.55. The van der Waals surface area contributed by atoms with Gasteiger partial charge in [0.1, 0.15) is 0 Å². The Hall–Kier alpha value is -3.48. The molecule has 1 aliphatic heterocycles. The number of ketones is 1. The molecule has 0 aliphatic carbocycles. The number of amides is 4. The second-order valence-corrected chi connectivity index (χ2v) is 17.4. The highest BCUT2D eigenvalue weighted by atomic mass is 35.5. The Morgan fingerprint density at radius 2 is 1.39 bits per heavy atom. The minimum absolute atomic E-state index is 0.00617. The van der Waals surface area contributed by atoms with Gasteiger partial charge >= 0.3 is 6.03 Å². The Morgan fingerprint density at radius 1 is 0.833 bits per heavy atom. The molecule has 0 bridgehead atoms. The van der Waals surface area contributed by atoms with Crippen molar-refractivity contribution in [2.45, 2.75) is 143 Å². The van der Waals surface area contributed by atoms with Crippen molar-refractivity contribution in [3.05, 3.63) is 59.1 Å². The maximum absolute atomic E-state index is 14.0. The van der Waals surface area contributed by atoms with Crippen LogP contribution >= 0.6 is 11.6 Å². The highest BCUT2D eigenvalue weighted by Gasteiger charge is 2.54. The van der Waals surface area contributed by atoms with E-state index in [-0.39, 0.29) is 35.3 Å². The third kappa shape index (κ3) is 14.0. The van der Waals surface area contributed by atoms with Crippen LogP contribution in [-0.4, -0.2) is 66.5 Å². The highest BCUT2D eigenvalue weighted by molar-refractivity contribution is 7.92. The van der Waals surface area contributed by atoms with Crippen molar-refractivity contribution < 1.29 is 32.3 Å². The van der Waals surface area contributed by atoms with Gasteiger partial charge < -0.3 is 10.1 Å². The number of rotatable bonds is 25. The van der Waals surface area contributed by atoms with E-state index in [4.69, 9.17) is 16.3 Å². The molecule has 0 saturated carbocycles. The number of sulfonamides is 1. The molecule has 11 nitrogen and oxygen atoms in total. The van der Waals surface area contributed by atoms with Crippen LogP contribution in [0.15, 0.2) is 48.5 Å². The lowest BCUT2D eigenvalue weighted by atomic mass is 9.85. The standard InChI is InChI=1S/C41H61ClN4O7S/c1-6-8-9-10-11-12-13-14-15-16-17-18-19-23-28-54(51,52)44-32-26-27-33(42)34(29-32)43-37(48)35(36(47)41(3,4)5)46-38(49)39(53-7-2)45(40(46)50)30-31-24-21-20-22-25-31/h20-22,24-27,29,35,39,44H,6-19,23,28,30H2,1-5H3,(H,43,48). The monoisotopic (exact) mass is 788 g/mol. The second-order valence-electron chi connectivity index (χ2n) is 15.1. The normalized spacial score (nSPS) is 15.5. The molecule has 1 saturated heterocycles. The SMILES string of the molecule is CCCCCCCCCCCCCCCCS(=O)(=O)Nc1ccc(Cl)c(NC(=O)C(C(=O)C(C)(C)C)N2C(=O)C(OCC)N(Cc3ccccc3)C2=O)c1. The van der Waals surface area contributed by atoms with E-state index in [0.29, 0.717) is 11.3 Å². The Balaban J connectivity index is 1.61. The lowest BCUT2D eigenvalue weighted by Crippen LogP contribution is -2.55. The van der Waals surface area contributed by atoms with Gasteiger partial charge in [0.05, 0.1) is 28.7 Å². The van der Waals surface area contributed by atoms with Gasteiger partial charge in [0.2, 0.25) is 16.3 Å².